The van der Waals surface area contributed by atoms with Crippen molar-refractivity contribution in [2.75, 3.05) is 13.2 Å². The number of rotatable bonds is 9. The first-order valence-electron chi connectivity index (χ1n) is 6.61. The van der Waals surface area contributed by atoms with Gasteiger partial charge in [0.1, 0.15) is 5.84 Å². The van der Waals surface area contributed by atoms with Crippen molar-refractivity contribution in [3.63, 3.8) is 0 Å². The molecular weight excluding hydrogens is 242 g/mol. The first-order valence-corrected chi connectivity index (χ1v) is 6.61. The lowest BCUT2D eigenvalue weighted by atomic mass is 10.1. The summed E-state index contributed by atoms with van der Waals surface area (Å²) >= 11 is 0. The predicted octanol–water partition coefficient (Wildman–Crippen LogP) is 1.10. The number of amidine groups is 1. The molecule has 106 valence electrons. The lowest BCUT2D eigenvalue weighted by molar-refractivity contribution is 0.241. The van der Waals surface area contributed by atoms with Crippen molar-refractivity contribution in [1.29, 1.82) is 0 Å². The molecule has 1 aromatic rings. The van der Waals surface area contributed by atoms with E-state index < -0.39 is 0 Å². The van der Waals surface area contributed by atoms with Crippen LogP contribution < -0.4 is 11.1 Å². The van der Waals surface area contributed by atoms with Crippen LogP contribution in [0.15, 0.2) is 35.5 Å². The minimum Gasteiger partial charge on any atom is -0.409 e. The fraction of sp³-hybridized carbons (Fsp3) is 0.500. The van der Waals surface area contributed by atoms with E-state index in [1.807, 2.05) is 18.2 Å². The van der Waals surface area contributed by atoms with Gasteiger partial charge in [-0.2, -0.15) is 0 Å². The quantitative estimate of drug-likeness (QED) is 0.177. The molecule has 1 aromatic carbocycles. The minimum absolute atomic E-state index is 0.0752. The van der Waals surface area contributed by atoms with Crippen molar-refractivity contribution in [3.05, 3.63) is 35.9 Å². The van der Waals surface area contributed by atoms with E-state index >= 15 is 0 Å². The van der Waals surface area contributed by atoms with Crippen molar-refractivity contribution in [2.24, 2.45) is 10.9 Å². The van der Waals surface area contributed by atoms with Gasteiger partial charge in [0.15, 0.2) is 0 Å². The van der Waals surface area contributed by atoms with Gasteiger partial charge in [0.05, 0.1) is 6.61 Å². The molecule has 0 amide bonds. The van der Waals surface area contributed by atoms with Crippen LogP contribution in [0.2, 0.25) is 0 Å². The van der Waals surface area contributed by atoms with Gasteiger partial charge < -0.3 is 21.4 Å². The largest absolute Gasteiger partial charge is 0.409 e. The van der Waals surface area contributed by atoms with Crippen LogP contribution in [-0.2, 0) is 6.42 Å². The Morgan fingerprint density at radius 2 is 2.00 bits per heavy atom. The highest BCUT2D eigenvalue weighted by atomic mass is 16.4. The normalized spacial score (nSPS) is 13.4. The number of benzene rings is 1. The Morgan fingerprint density at radius 1 is 1.26 bits per heavy atom. The Hall–Kier alpha value is -1.59. The Balaban J connectivity index is 2.19. The lowest BCUT2D eigenvalue weighted by Gasteiger charge is -2.16. The van der Waals surface area contributed by atoms with Gasteiger partial charge in [-0.15, -0.1) is 0 Å². The molecule has 0 aliphatic rings. The Bertz CT molecular complexity index is 368. The zero-order valence-corrected chi connectivity index (χ0v) is 11.1. The Kier molecular flexibility index (Phi) is 7.62. The third-order valence-electron chi connectivity index (χ3n) is 2.97. The first-order chi connectivity index (χ1) is 9.26. The average molecular weight is 265 g/mol. The number of aliphatic hydroxyl groups excluding tert-OH is 1. The van der Waals surface area contributed by atoms with Crippen LogP contribution in [-0.4, -0.2) is 35.3 Å². The number of hydrogen-bond acceptors (Lipinski definition) is 4. The summed E-state index contributed by atoms with van der Waals surface area (Å²) in [7, 11) is 0. The number of nitrogens with one attached hydrogen (secondary N) is 1. The van der Waals surface area contributed by atoms with Crippen molar-refractivity contribution in [2.45, 2.75) is 31.7 Å². The maximum atomic E-state index is 9.34. The second-order valence-electron chi connectivity index (χ2n) is 4.57. The van der Waals surface area contributed by atoms with Gasteiger partial charge in [-0.25, -0.2) is 0 Å². The van der Waals surface area contributed by atoms with Crippen LogP contribution in [0.5, 0.6) is 0 Å². The molecule has 0 aliphatic heterocycles. The van der Waals surface area contributed by atoms with Gasteiger partial charge in [-0.3, -0.25) is 0 Å². The molecule has 0 saturated heterocycles. The van der Waals surface area contributed by atoms with Gasteiger partial charge >= 0.3 is 0 Å². The molecule has 5 nitrogen and oxygen atoms in total. The maximum Gasteiger partial charge on any atom is 0.139 e. The number of unbranched alkanes of at least 4 members (excludes halogenated alkanes) is 1. The molecule has 0 radical (unpaired) electrons. The van der Waals surface area contributed by atoms with E-state index in [9.17, 15) is 5.11 Å². The average Bonchev–Trinajstić information content (AvgIpc) is 2.46. The predicted molar refractivity (Wildman–Crippen MR) is 76.3 cm³/mol. The molecule has 0 aromatic heterocycles. The van der Waals surface area contributed by atoms with Gasteiger partial charge in [0.2, 0.25) is 0 Å². The Morgan fingerprint density at radius 3 is 2.63 bits per heavy atom. The summed E-state index contributed by atoms with van der Waals surface area (Å²) in [5.74, 6) is 0.267. The smallest absolute Gasteiger partial charge is 0.139 e. The Labute approximate surface area is 114 Å². The number of hydrogen-bond donors (Lipinski definition) is 4. The summed E-state index contributed by atoms with van der Waals surface area (Å²) in [6, 6.07) is 10.2. The molecule has 1 unspecified atom stereocenters. The molecule has 0 bridgehead atoms. The number of nitrogens with two attached hydrogens (primary N) is 1. The van der Waals surface area contributed by atoms with E-state index in [1.165, 1.54) is 5.56 Å². The first kappa shape index (κ1) is 15.5. The highest BCUT2D eigenvalue weighted by Crippen LogP contribution is 2.03. The van der Waals surface area contributed by atoms with Crippen LogP contribution in [0.1, 0.15) is 24.8 Å². The van der Waals surface area contributed by atoms with Crippen LogP contribution >= 0.6 is 0 Å². The second-order valence-corrected chi connectivity index (χ2v) is 4.57. The summed E-state index contributed by atoms with van der Waals surface area (Å²) < 4.78 is 0. The van der Waals surface area contributed by atoms with Crippen LogP contribution in [0.4, 0.5) is 0 Å². The summed E-state index contributed by atoms with van der Waals surface area (Å²) in [5, 5.41) is 24.0. The standard InChI is InChI=1S/C14H23N3O2/c15-14(17-19)8-4-5-9-16-13(11-18)10-12-6-2-1-3-7-12/h1-3,6-7,13,16,18-19H,4-5,8-11H2,(H2,15,17). The van der Waals surface area contributed by atoms with E-state index in [2.05, 4.69) is 22.6 Å². The molecule has 0 fully saturated rings. The van der Waals surface area contributed by atoms with Gasteiger partial charge in [-0.05, 0) is 31.4 Å². The van der Waals surface area contributed by atoms with Crippen molar-refractivity contribution in [1.82, 2.24) is 5.32 Å². The topological polar surface area (TPSA) is 90.9 Å². The van der Waals surface area contributed by atoms with Gasteiger partial charge in [0, 0.05) is 12.5 Å². The third-order valence-corrected chi connectivity index (χ3v) is 2.97. The molecule has 0 saturated carbocycles. The zero-order valence-electron chi connectivity index (χ0n) is 11.1. The zero-order chi connectivity index (χ0) is 13.9. The highest BCUT2D eigenvalue weighted by Gasteiger charge is 2.07. The lowest BCUT2D eigenvalue weighted by Crippen LogP contribution is -2.35. The van der Waals surface area contributed by atoms with Crippen LogP contribution in [0.25, 0.3) is 0 Å². The van der Waals surface area contributed by atoms with Crippen LogP contribution in [0, 0.1) is 0 Å². The molecule has 0 aliphatic carbocycles. The van der Waals surface area contributed by atoms with E-state index in [-0.39, 0.29) is 18.5 Å². The van der Waals surface area contributed by atoms with Gasteiger partial charge in [-0.1, -0.05) is 35.5 Å². The monoisotopic (exact) mass is 265 g/mol. The van der Waals surface area contributed by atoms with Crippen molar-refractivity contribution < 1.29 is 10.3 Å². The van der Waals surface area contributed by atoms with E-state index in [0.29, 0.717) is 6.42 Å². The van der Waals surface area contributed by atoms with Crippen LogP contribution in [0.3, 0.4) is 0 Å². The second kappa shape index (κ2) is 9.35. The molecular formula is C14H23N3O2. The molecule has 1 atom stereocenters. The number of aliphatic hydroxyl groups is 1. The third kappa shape index (κ3) is 6.79. The number of nitrogens with zero attached hydrogens (tertiary/aromatic N) is 1. The highest BCUT2D eigenvalue weighted by molar-refractivity contribution is 5.79. The summed E-state index contributed by atoms with van der Waals surface area (Å²) in [6.45, 7) is 0.936. The van der Waals surface area contributed by atoms with Crippen molar-refractivity contribution >= 4 is 5.84 Å². The van der Waals surface area contributed by atoms with E-state index in [0.717, 1.165) is 25.8 Å². The maximum absolute atomic E-state index is 9.34. The molecule has 1 rings (SSSR count). The van der Waals surface area contributed by atoms with Gasteiger partial charge in [0.25, 0.3) is 0 Å². The SMILES string of the molecule is NC(CCCCNC(CO)Cc1ccccc1)=NO. The molecule has 19 heavy (non-hydrogen) atoms. The summed E-state index contributed by atoms with van der Waals surface area (Å²) in [5.41, 5.74) is 6.60. The molecule has 5 heteroatoms. The summed E-state index contributed by atoms with van der Waals surface area (Å²) in [4.78, 5) is 0. The molecule has 5 N–H and O–H groups in total. The fourth-order valence-corrected chi connectivity index (χ4v) is 1.89. The number of oxime groups is 1. The van der Waals surface area contributed by atoms with Crippen molar-refractivity contribution in [3.8, 4) is 0 Å². The van der Waals surface area contributed by atoms with E-state index in [1.54, 1.807) is 0 Å². The fourth-order valence-electron chi connectivity index (χ4n) is 1.89. The van der Waals surface area contributed by atoms with E-state index in [4.69, 9.17) is 10.9 Å². The minimum atomic E-state index is 0.0752. The molecule has 0 spiro atoms. The summed E-state index contributed by atoms with van der Waals surface area (Å²) in [6.07, 6.45) is 3.21. The molecule has 0 heterocycles.